The average molecular weight is 394 g/mol. The highest BCUT2D eigenvalue weighted by molar-refractivity contribution is 6.35. The minimum absolute atomic E-state index is 0.0733. The number of rotatable bonds is 5. The molecule has 0 aliphatic rings. The number of benzene rings is 2. The normalized spacial score (nSPS) is 10.5. The summed E-state index contributed by atoms with van der Waals surface area (Å²) in [6.45, 7) is 0. The summed E-state index contributed by atoms with van der Waals surface area (Å²) < 4.78 is 15.8. The quantitative estimate of drug-likeness (QED) is 0.694. The van der Waals surface area contributed by atoms with Crippen molar-refractivity contribution in [2.75, 3.05) is 19.5 Å². The molecule has 0 unspecified atom stereocenters. The SMILES string of the molecule is COc1ccc(C(=O)Nc2nnc(-c3cc(Cl)ccc3Cl)o2)cc1OC. The van der Waals surface area contributed by atoms with Crippen molar-refractivity contribution in [2.45, 2.75) is 0 Å². The van der Waals surface area contributed by atoms with Gasteiger partial charge in [0.2, 0.25) is 0 Å². The van der Waals surface area contributed by atoms with E-state index >= 15 is 0 Å². The highest BCUT2D eigenvalue weighted by atomic mass is 35.5. The predicted octanol–water partition coefficient (Wildman–Crippen LogP) is 4.31. The Morgan fingerprint density at radius 3 is 2.54 bits per heavy atom. The van der Waals surface area contributed by atoms with Gasteiger partial charge in [0.05, 0.1) is 24.8 Å². The largest absolute Gasteiger partial charge is 0.493 e. The first-order chi connectivity index (χ1) is 12.5. The molecule has 3 rings (SSSR count). The van der Waals surface area contributed by atoms with Gasteiger partial charge in [0.15, 0.2) is 11.5 Å². The fourth-order valence-electron chi connectivity index (χ4n) is 2.19. The van der Waals surface area contributed by atoms with Gasteiger partial charge in [-0.05, 0) is 36.4 Å². The molecule has 1 N–H and O–H groups in total. The van der Waals surface area contributed by atoms with E-state index < -0.39 is 5.91 Å². The molecule has 0 spiro atoms. The lowest BCUT2D eigenvalue weighted by Crippen LogP contribution is -2.12. The molecule has 0 atom stereocenters. The van der Waals surface area contributed by atoms with Crippen LogP contribution in [0.4, 0.5) is 6.01 Å². The molecule has 3 aromatic rings. The van der Waals surface area contributed by atoms with Gasteiger partial charge in [0.25, 0.3) is 11.8 Å². The van der Waals surface area contributed by atoms with Gasteiger partial charge in [-0.3, -0.25) is 10.1 Å². The molecular formula is C17H13Cl2N3O4. The molecule has 7 nitrogen and oxygen atoms in total. The van der Waals surface area contributed by atoms with E-state index in [1.165, 1.54) is 14.2 Å². The van der Waals surface area contributed by atoms with Crippen LogP contribution >= 0.6 is 23.2 Å². The number of hydrogen-bond acceptors (Lipinski definition) is 6. The van der Waals surface area contributed by atoms with E-state index in [0.29, 0.717) is 32.7 Å². The van der Waals surface area contributed by atoms with Crippen LogP contribution in [0.25, 0.3) is 11.5 Å². The molecule has 1 amide bonds. The maximum atomic E-state index is 12.4. The number of halogens is 2. The van der Waals surface area contributed by atoms with Crippen LogP contribution in [0.2, 0.25) is 10.0 Å². The lowest BCUT2D eigenvalue weighted by molar-refractivity contribution is 0.102. The summed E-state index contributed by atoms with van der Waals surface area (Å²) in [6.07, 6.45) is 0. The second-order valence-corrected chi connectivity index (χ2v) is 5.90. The molecular weight excluding hydrogens is 381 g/mol. The first kappa shape index (κ1) is 18.0. The summed E-state index contributed by atoms with van der Waals surface area (Å²) in [5.41, 5.74) is 0.807. The molecule has 0 fully saturated rings. The third kappa shape index (κ3) is 3.74. The zero-order chi connectivity index (χ0) is 18.7. The van der Waals surface area contributed by atoms with Crippen LogP contribution in [0.1, 0.15) is 10.4 Å². The second-order valence-electron chi connectivity index (χ2n) is 5.06. The summed E-state index contributed by atoms with van der Waals surface area (Å²) in [7, 11) is 3.00. The van der Waals surface area contributed by atoms with Gasteiger partial charge in [0, 0.05) is 10.6 Å². The van der Waals surface area contributed by atoms with Crippen LogP contribution in [0.15, 0.2) is 40.8 Å². The Balaban J connectivity index is 1.81. The highest BCUT2D eigenvalue weighted by Crippen LogP contribution is 2.31. The molecule has 0 bridgehead atoms. The number of aromatic nitrogens is 2. The van der Waals surface area contributed by atoms with Gasteiger partial charge in [0.1, 0.15) is 0 Å². The standard InChI is InChI=1S/C17H13Cl2N3O4/c1-24-13-6-3-9(7-14(13)25-2)15(23)20-17-22-21-16(26-17)11-8-10(18)4-5-12(11)19/h3-8H,1-2H3,(H,20,22,23). The Kier molecular flexibility index (Phi) is 5.29. The first-order valence-electron chi connectivity index (χ1n) is 7.34. The number of nitrogens with zero attached hydrogens (tertiary/aromatic N) is 2. The number of carbonyl (C=O) groups is 1. The maximum Gasteiger partial charge on any atom is 0.322 e. The molecule has 2 aromatic carbocycles. The molecule has 0 saturated heterocycles. The molecule has 134 valence electrons. The van der Waals surface area contributed by atoms with E-state index in [9.17, 15) is 4.79 Å². The van der Waals surface area contributed by atoms with Gasteiger partial charge in [-0.2, -0.15) is 0 Å². The summed E-state index contributed by atoms with van der Waals surface area (Å²) in [5, 5.41) is 11.1. The monoisotopic (exact) mass is 393 g/mol. The van der Waals surface area contributed by atoms with Crippen molar-refractivity contribution in [3.05, 3.63) is 52.0 Å². The predicted molar refractivity (Wildman–Crippen MR) is 97.3 cm³/mol. The number of amides is 1. The van der Waals surface area contributed by atoms with E-state index in [-0.39, 0.29) is 11.9 Å². The van der Waals surface area contributed by atoms with Crippen LogP contribution in [0, 0.1) is 0 Å². The molecule has 0 radical (unpaired) electrons. The topological polar surface area (TPSA) is 86.5 Å². The Labute approximate surface area is 158 Å². The minimum atomic E-state index is -0.446. The van der Waals surface area contributed by atoms with Crippen LogP contribution in [-0.2, 0) is 0 Å². The molecule has 9 heteroatoms. The number of hydrogen-bond donors (Lipinski definition) is 1. The van der Waals surface area contributed by atoms with Gasteiger partial charge in [-0.1, -0.05) is 28.3 Å². The van der Waals surface area contributed by atoms with Gasteiger partial charge in [-0.25, -0.2) is 0 Å². The summed E-state index contributed by atoms with van der Waals surface area (Å²) in [5.74, 6) is 0.634. The summed E-state index contributed by atoms with van der Waals surface area (Å²) >= 11 is 12.1. The highest BCUT2D eigenvalue weighted by Gasteiger charge is 2.16. The average Bonchev–Trinajstić information content (AvgIpc) is 3.11. The van der Waals surface area contributed by atoms with Crippen molar-refractivity contribution in [1.29, 1.82) is 0 Å². The fourth-order valence-corrected chi connectivity index (χ4v) is 2.56. The molecule has 1 aromatic heterocycles. The maximum absolute atomic E-state index is 12.4. The van der Waals surface area contributed by atoms with Crippen molar-refractivity contribution in [2.24, 2.45) is 0 Å². The zero-order valence-electron chi connectivity index (χ0n) is 13.7. The lowest BCUT2D eigenvalue weighted by Gasteiger charge is -2.08. The number of methoxy groups -OCH3 is 2. The number of ether oxygens (including phenoxy) is 2. The summed E-state index contributed by atoms with van der Waals surface area (Å²) in [4.78, 5) is 12.4. The summed E-state index contributed by atoms with van der Waals surface area (Å²) in [6, 6.07) is 9.53. The van der Waals surface area contributed by atoms with Crippen molar-refractivity contribution in [3.8, 4) is 23.0 Å². The Bertz CT molecular complexity index is 959. The van der Waals surface area contributed by atoms with Crippen LogP contribution in [0.3, 0.4) is 0 Å². The van der Waals surface area contributed by atoms with E-state index in [1.54, 1.807) is 36.4 Å². The Morgan fingerprint density at radius 2 is 1.81 bits per heavy atom. The van der Waals surface area contributed by atoms with Gasteiger partial charge < -0.3 is 13.9 Å². The number of anilines is 1. The van der Waals surface area contributed by atoms with E-state index in [4.69, 9.17) is 37.1 Å². The van der Waals surface area contributed by atoms with E-state index in [2.05, 4.69) is 15.5 Å². The number of carbonyl (C=O) groups excluding carboxylic acids is 1. The Hall–Kier alpha value is -2.77. The van der Waals surface area contributed by atoms with Crippen LogP contribution < -0.4 is 14.8 Å². The van der Waals surface area contributed by atoms with E-state index in [0.717, 1.165) is 0 Å². The van der Waals surface area contributed by atoms with Crippen molar-refractivity contribution >= 4 is 35.1 Å². The third-order valence-corrected chi connectivity index (χ3v) is 4.01. The lowest BCUT2D eigenvalue weighted by atomic mass is 10.2. The fraction of sp³-hybridized carbons (Fsp3) is 0.118. The molecule has 26 heavy (non-hydrogen) atoms. The third-order valence-electron chi connectivity index (χ3n) is 3.45. The number of nitrogens with one attached hydrogen (secondary N) is 1. The Morgan fingerprint density at radius 1 is 1.04 bits per heavy atom. The zero-order valence-corrected chi connectivity index (χ0v) is 15.3. The minimum Gasteiger partial charge on any atom is -0.493 e. The van der Waals surface area contributed by atoms with Gasteiger partial charge in [-0.15, -0.1) is 5.10 Å². The molecule has 1 heterocycles. The second kappa shape index (κ2) is 7.63. The van der Waals surface area contributed by atoms with Crippen molar-refractivity contribution in [1.82, 2.24) is 10.2 Å². The molecule has 0 aliphatic heterocycles. The van der Waals surface area contributed by atoms with Crippen LogP contribution in [0.5, 0.6) is 11.5 Å². The van der Waals surface area contributed by atoms with Crippen molar-refractivity contribution in [3.63, 3.8) is 0 Å². The van der Waals surface area contributed by atoms with Crippen LogP contribution in [-0.4, -0.2) is 30.3 Å². The first-order valence-corrected chi connectivity index (χ1v) is 8.09. The van der Waals surface area contributed by atoms with E-state index in [1.807, 2.05) is 0 Å². The molecule has 0 saturated carbocycles. The van der Waals surface area contributed by atoms with Gasteiger partial charge >= 0.3 is 6.01 Å². The van der Waals surface area contributed by atoms with Crippen molar-refractivity contribution < 1.29 is 18.7 Å². The smallest absolute Gasteiger partial charge is 0.322 e. The molecule has 0 aliphatic carbocycles.